The molecule has 5 heteroatoms. The topological polar surface area (TPSA) is 52.3 Å². The number of oxazole rings is 1. The largest absolute Gasteiger partial charge is 0.465 e. The molecule has 4 nitrogen and oxygen atoms in total. The predicted molar refractivity (Wildman–Crippen MR) is 53.0 cm³/mol. The molecule has 0 aliphatic rings. The number of nitrogens with zero attached hydrogens (tertiary/aromatic N) is 1. The second-order valence-corrected chi connectivity index (χ2v) is 3.56. The van der Waals surface area contributed by atoms with Gasteiger partial charge in [0.1, 0.15) is 11.1 Å². The lowest BCUT2D eigenvalue weighted by molar-refractivity contribution is 0.0601. The van der Waals surface area contributed by atoms with Gasteiger partial charge in [-0.05, 0) is 12.1 Å². The molecule has 1 aromatic carbocycles. The predicted octanol–water partition coefficient (Wildman–Crippen LogP) is 2.38. The average molecular weight is 256 g/mol. The first-order valence-electron chi connectivity index (χ1n) is 3.83. The zero-order valence-electron chi connectivity index (χ0n) is 7.28. The number of benzene rings is 1. The summed E-state index contributed by atoms with van der Waals surface area (Å²) in [6.45, 7) is 0. The van der Waals surface area contributed by atoms with Gasteiger partial charge in [-0.1, -0.05) is 15.9 Å². The number of fused-ring (bicyclic) bond motifs is 1. The molecule has 0 aliphatic carbocycles. The number of hydrogen-bond acceptors (Lipinski definition) is 4. The maximum absolute atomic E-state index is 11.3. The average Bonchev–Trinajstić information content (AvgIpc) is 2.62. The van der Waals surface area contributed by atoms with Gasteiger partial charge in [0.2, 0.25) is 0 Å². The molecule has 1 aromatic heterocycles. The van der Waals surface area contributed by atoms with Crippen molar-refractivity contribution in [3.63, 3.8) is 0 Å². The number of halogens is 1. The monoisotopic (exact) mass is 255 g/mol. The van der Waals surface area contributed by atoms with E-state index >= 15 is 0 Å². The van der Waals surface area contributed by atoms with Crippen molar-refractivity contribution in [3.8, 4) is 0 Å². The molecule has 2 rings (SSSR count). The van der Waals surface area contributed by atoms with Crippen LogP contribution in [0, 0.1) is 0 Å². The van der Waals surface area contributed by atoms with E-state index in [0.29, 0.717) is 16.7 Å². The van der Waals surface area contributed by atoms with Gasteiger partial charge in [-0.15, -0.1) is 0 Å². The molecule has 0 amide bonds. The van der Waals surface area contributed by atoms with Crippen molar-refractivity contribution in [1.29, 1.82) is 0 Å². The number of rotatable bonds is 1. The SMILES string of the molecule is COC(=O)c1cc(Br)cc2ncoc12. The summed E-state index contributed by atoms with van der Waals surface area (Å²) < 4.78 is 10.5. The van der Waals surface area contributed by atoms with E-state index in [0.717, 1.165) is 4.47 Å². The number of hydrogen-bond donors (Lipinski definition) is 0. The Morgan fingerprint density at radius 1 is 1.57 bits per heavy atom. The molecule has 1 heterocycles. The van der Waals surface area contributed by atoms with Crippen LogP contribution in [-0.4, -0.2) is 18.1 Å². The molecule has 0 saturated carbocycles. The van der Waals surface area contributed by atoms with Crippen LogP contribution in [0.25, 0.3) is 11.1 Å². The molecule has 14 heavy (non-hydrogen) atoms. The molecule has 0 unspecified atom stereocenters. The highest BCUT2D eigenvalue weighted by molar-refractivity contribution is 9.10. The quantitative estimate of drug-likeness (QED) is 0.735. The summed E-state index contributed by atoms with van der Waals surface area (Å²) in [5.41, 5.74) is 1.44. The molecule has 0 saturated heterocycles. The van der Waals surface area contributed by atoms with Crippen molar-refractivity contribution in [3.05, 3.63) is 28.6 Å². The first kappa shape index (κ1) is 9.21. The van der Waals surface area contributed by atoms with Crippen molar-refractivity contribution < 1.29 is 13.9 Å². The molecule has 0 fully saturated rings. The number of carbonyl (C=O) groups is 1. The second-order valence-electron chi connectivity index (χ2n) is 2.65. The highest BCUT2D eigenvalue weighted by Crippen LogP contribution is 2.23. The van der Waals surface area contributed by atoms with E-state index < -0.39 is 5.97 Å². The van der Waals surface area contributed by atoms with E-state index in [1.165, 1.54) is 13.5 Å². The standard InChI is InChI=1S/C9H6BrNO3/c1-13-9(12)6-2-5(10)3-7-8(6)14-4-11-7/h2-4H,1H3. The molecule has 0 atom stereocenters. The van der Waals surface area contributed by atoms with E-state index in [-0.39, 0.29) is 0 Å². The third-order valence-electron chi connectivity index (χ3n) is 1.80. The van der Waals surface area contributed by atoms with Crippen molar-refractivity contribution in [2.45, 2.75) is 0 Å². The van der Waals surface area contributed by atoms with Gasteiger partial charge in [-0.2, -0.15) is 0 Å². The normalized spacial score (nSPS) is 10.4. The molecule has 0 N–H and O–H groups in total. The van der Waals surface area contributed by atoms with Crippen molar-refractivity contribution in [2.24, 2.45) is 0 Å². The smallest absolute Gasteiger partial charge is 0.341 e. The lowest BCUT2D eigenvalue weighted by Gasteiger charge is -1.99. The van der Waals surface area contributed by atoms with E-state index in [1.54, 1.807) is 12.1 Å². The fraction of sp³-hybridized carbons (Fsp3) is 0.111. The van der Waals surface area contributed by atoms with Crippen molar-refractivity contribution >= 4 is 33.0 Å². The van der Waals surface area contributed by atoms with Crippen LogP contribution < -0.4 is 0 Å². The molecular weight excluding hydrogens is 250 g/mol. The third-order valence-corrected chi connectivity index (χ3v) is 2.26. The van der Waals surface area contributed by atoms with E-state index in [2.05, 4.69) is 25.7 Å². The second kappa shape index (κ2) is 3.42. The molecule has 2 aromatic rings. The lowest BCUT2D eigenvalue weighted by Crippen LogP contribution is -2.01. The summed E-state index contributed by atoms with van der Waals surface area (Å²) >= 11 is 3.28. The molecule has 0 radical (unpaired) electrons. The Hall–Kier alpha value is -1.36. The van der Waals surface area contributed by atoms with E-state index in [4.69, 9.17) is 4.42 Å². The molecule has 72 valence electrons. The first-order valence-corrected chi connectivity index (χ1v) is 4.62. The minimum atomic E-state index is -0.437. The van der Waals surface area contributed by atoms with Crippen LogP contribution in [0.2, 0.25) is 0 Å². The van der Waals surface area contributed by atoms with Crippen LogP contribution in [-0.2, 0) is 4.74 Å². The van der Waals surface area contributed by atoms with Gasteiger partial charge in [0.05, 0.1) is 7.11 Å². The zero-order valence-corrected chi connectivity index (χ0v) is 8.87. The Balaban J connectivity index is 2.72. The Labute approximate surface area is 88.0 Å². The highest BCUT2D eigenvalue weighted by atomic mass is 79.9. The van der Waals surface area contributed by atoms with Gasteiger partial charge in [0, 0.05) is 4.47 Å². The summed E-state index contributed by atoms with van der Waals surface area (Å²) in [7, 11) is 1.32. The van der Waals surface area contributed by atoms with Gasteiger partial charge in [-0.25, -0.2) is 9.78 Å². The molecular formula is C9H6BrNO3. The maximum atomic E-state index is 11.3. The minimum Gasteiger partial charge on any atom is -0.465 e. The van der Waals surface area contributed by atoms with E-state index in [1.807, 2.05) is 0 Å². The number of esters is 1. The minimum absolute atomic E-state index is 0.370. The molecule has 0 spiro atoms. The van der Waals surface area contributed by atoms with Gasteiger partial charge in [0.25, 0.3) is 0 Å². The Morgan fingerprint density at radius 2 is 2.36 bits per heavy atom. The highest BCUT2D eigenvalue weighted by Gasteiger charge is 2.14. The molecule has 0 aliphatic heterocycles. The van der Waals surface area contributed by atoms with Crippen molar-refractivity contribution in [1.82, 2.24) is 4.98 Å². The lowest BCUT2D eigenvalue weighted by atomic mass is 10.2. The summed E-state index contributed by atoms with van der Waals surface area (Å²) in [5.74, 6) is -0.437. The summed E-state index contributed by atoms with van der Waals surface area (Å²) in [5, 5.41) is 0. The fourth-order valence-corrected chi connectivity index (χ4v) is 1.64. The van der Waals surface area contributed by atoms with Crippen LogP contribution in [0.3, 0.4) is 0 Å². The number of carbonyl (C=O) groups excluding carboxylic acids is 1. The summed E-state index contributed by atoms with van der Waals surface area (Å²) in [4.78, 5) is 15.3. The molecule has 0 bridgehead atoms. The van der Waals surface area contributed by atoms with Crippen LogP contribution in [0.5, 0.6) is 0 Å². The van der Waals surface area contributed by atoms with Crippen LogP contribution >= 0.6 is 15.9 Å². The number of ether oxygens (including phenoxy) is 1. The Morgan fingerprint density at radius 3 is 3.07 bits per heavy atom. The van der Waals surface area contributed by atoms with E-state index in [9.17, 15) is 4.79 Å². The fourth-order valence-electron chi connectivity index (χ4n) is 1.20. The van der Waals surface area contributed by atoms with Crippen LogP contribution in [0.15, 0.2) is 27.4 Å². The van der Waals surface area contributed by atoms with Crippen LogP contribution in [0.4, 0.5) is 0 Å². The Bertz CT molecular complexity index is 492. The van der Waals surface area contributed by atoms with Crippen molar-refractivity contribution in [2.75, 3.05) is 7.11 Å². The van der Waals surface area contributed by atoms with Gasteiger partial charge < -0.3 is 9.15 Å². The first-order chi connectivity index (χ1) is 6.72. The van der Waals surface area contributed by atoms with Gasteiger partial charge >= 0.3 is 5.97 Å². The Kier molecular flexibility index (Phi) is 2.25. The zero-order chi connectivity index (χ0) is 10.1. The third kappa shape index (κ3) is 1.39. The summed E-state index contributed by atoms with van der Waals surface area (Å²) in [6, 6.07) is 3.41. The van der Waals surface area contributed by atoms with Crippen LogP contribution in [0.1, 0.15) is 10.4 Å². The van der Waals surface area contributed by atoms with Gasteiger partial charge in [-0.3, -0.25) is 0 Å². The van der Waals surface area contributed by atoms with Gasteiger partial charge in [0.15, 0.2) is 12.0 Å². The number of methoxy groups -OCH3 is 1. The maximum Gasteiger partial charge on any atom is 0.341 e. The number of aromatic nitrogens is 1. The summed E-state index contributed by atoms with van der Waals surface area (Å²) in [6.07, 6.45) is 1.30.